The second kappa shape index (κ2) is 6.05. The van der Waals surface area contributed by atoms with Crippen LogP contribution in [0.1, 0.15) is 76.6 Å². The number of rotatable bonds is 5. The van der Waals surface area contributed by atoms with E-state index in [2.05, 4.69) is 29.3 Å². The van der Waals surface area contributed by atoms with Gasteiger partial charge in [0.2, 0.25) is 11.7 Å². The Bertz CT molecular complexity index is 448. The van der Waals surface area contributed by atoms with Gasteiger partial charge in [0, 0.05) is 13.2 Å². The quantitative estimate of drug-likeness (QED) is 0.902. The topological polar surface area (TPSA) is 60.2 Å². The molecule has 1 aromatic rings. The molecule has 3 unspecified atom stereocenters. The van der Waals surface area contributed by atoms with Gasteiger partial charge in [-0.25, -0.2) is 0 Å². The number of aromatic nitrogens is 2. The molecule has 2 aliphatic rings. The number of ether oxygens (including phenoxy) is 1. The van der Waals surface area contributed by atoms with Crippen LogP contribution in [0.3, 0.4) is 0 Å². The van der Waals surface area contributed by atoms with Crippen LogP contribution in [0.4, 0.5) is 0 Å². The molecule has 1 saturated heterocycles. The van der Waals surface area contributed by atoms with Crippen molar-refractivity contribution in [3.05, 3.63) is 11.7 Å². The number of nitrogens with zero attached hydrogens (tertiary/aromatic N) is 2. The highest BCUT2D eigenvalue weighted by atomic mass is 16.5. The van der Waals surface area contributed by atoms with E-state index in [0.29, 0.717) is 11.9 Å². The minimum absolute atomic E-state index is 0.225. The van der Waals surface area contributed by atoms with Gasteiger partial charge < -0.3 is 14.6 Å². The summed E-state index contributed by atoms with van der Waals surface area (Å²) in [4.78, 5) is 4.67. The van der Waals surface area contributed by atoms with Crippen molar-refractivity contribution >= 4 is 0 Å². The highest BCUT2D eigenvalue weighted by Gasteiger charge is 2.40. The third-order valence-corrected chi connectivity index (χ3v) is 5.54. The zero-order valence-electron chi connectivity index (χ0n) is 13.4. The van der Waals surface area contributed by atoms with Crippen LogP contribution in [-0.4, -0.2) is 23.3 Å². The van der Waals surface area contributed by atoms with Gasteiger partial charge in [0.1, 0.15) is 5.60 Å². The third-order valence-electron chi connectivity index (χ3n) is 5.54. The zero-order valence-corrected chi connectivity index (χ0v) is 13.4. The molecule has 1 aromatic heterocycles. The number of nitrogens with one attached hydrogen (secondary N) is 1. The van der Waals surface area contributed by atoms with E-state index in [1.54, 1.807) is 7.11 Å². The van der Waals surface area contributed by atoms with E-state index in [-0.39, 0.29) is 6.04 Å². The molecule has 2 fully saturated rings. The highest BCUT2D eigenvalue weighted by molar-refractivity contribution is 5.06. The molecular weight excluding hydrogens is 266 g/mol. The highest BCUT2D eigenvalue weighted by Crippen LogP contribution is 2.39. The van der Waals surface area contributed by atoms with Gasteiger partial charge in [-0.05, 0) is 38.0 Å². The third kappa shape index (κ3) is 2.61. The van der Waals surface area contributed by atoms with Crippen LogP contribution in [0.5, 0.6) is 0 Å². The second-order valence-electron chi connectivity index (χ2n) is 6.47. The summed E-state index contributed by atoms with van der Waals surface area (Å²) in [6.45, 7) is 4.21. The van der Waals surface area contributed by atoms with E-state index in [9.17, 15) is 0 Å². The summed E-state index contributed by atoms with van der Waals surface area (Å²) in [5.74, 6) is 2.22. The lowest BCUT2D eigenvalue weighted by Crippen LogP contribution is -2.30. The number of methoxy groups -OCH3 is 1. The van der Waals surface area contributed by atoms with Crippen molar-refractivity contribution in [2.24, 2.45) is 5.92 Å². The van der Waals surface area contributed by atoms with Crippen molar-refractivity contribution in [3.63, 3.8) is 0 Å². The molecule has 21 heavy (non-hydrogen) atoms. The summed E-state index contributed by atoms with van der Waals surface area (Å²) in [5.41, 5.74) is -0.410. The van der Waals surface area contributed by atoms with Gasteiger partial charge >= 0.3 is 0 Å². The summed E-state index contributed by atoms with van der Waals surface area (Å²) in [7, 11) is 1.73. The summed E-state index contributed by atoms with van der Waals surface area (Å²) < 4.78 is 11.3. The van der Waals surface area contributed by atoms with Gasteiger partial charge in [-0.1, -0.05) is 31.8 Å². The Morgan fingerprint density at radius 2 is 2.05 bits per heavy atom. The van der Waals surface area contributed by atoms with Gasteiger partial charge in [0.15, 0.2) is 0 Å². The van der Waals surface area contributed by atoms with E-state index in [1.807, 2.05) is 0 Å². The van der Waals surface area contributed by atoms with Gasteiger partial charge in [0.25, 0.3) is 0 Å². The van der Waals surface area contributed by atoms with Gasteiger partial charge in [-0.2, -0.15) is 4.98 Å². The first kappa shape index (κ1) is 15.0. The maximum atomic E-state index is 5.69. The fraction of sp³-hybridized carbons (Fsp3) is 0.875. The van der Waals surface area contributed by atoms with E-state index in [4.69, 9.17) is 9.26 Å². The van der Waals surface area contributed by atoms with Crippen LogP contribution in [-0.2, 0) is 10.3 Å². The second-order valence-corrected chi connectivity index (χ2v) is 6.47. The molecule has 118 valence electrons. The van der Waals surface area contributed by atoms with Gasteiger partial charge in [-0.3, -0.25) is 0 Å². The normalized spacial score (nSPS) is 29.6. The molecule has 0 amide bonds. The summed E-state index contributed by atoms with van der Waals surface area (Å²) in [5, 5.41) is 7.90. The summed E-state index contributed by atoms with van der Waals surface area (Å²) in [6, 6.07) is 0.867. The molecule has 1 saturated carbocycles. The molecule has 3 atom stereocenters. The van der Waals surface area contributed by atoms with Crippen molar-refractivity contribution in [1.29, 1.82) is 0 Å². The Morgan fingerprint density at radius 3 is 2.71 bits per heavy atom. The SMILES string of the molecule is CCC(CC)(OC)c1noc(C2CC3CCCCC3N2)n1. The first-order valence-corrected chi connectivity index (χ1v) is 8.37. The molecule has 1 aliphatic heterocycles. The van der Waals surface area contributed by atoms with Gasteiger partial charge in [0.05, 0.1) is 6.04 Å². The lowest BCUT2D eigenvalue weighted by molar-refractivity contribution is -0.0306. The standard InChI is InChI=1S/C16H27N3O2/c1-4-16(5-2,20-3)15-18-14(21-19-15)13-10-11-8-6-7-9-12(11)17-13/h11-13,17H,4-10H2,1-3H3. The van der Waals surface area contributed by atoms with E-state index in [1.165, 1.54) is 25.7 Å². The number of fused-ring (bicyclic) bond motifs is 1. The Labute approximate surface area is 126 Å². The maximum absolute atomic E-state index is 5.69. The van der Waals surface area contributed by atoms with Crippen LogP contribution in [0.25, 0.3) is 0 Å². The van der Waals surface area contributed by atoms with Crippen molar-refractivity contribution in [2.75, 3.05) is 7.11 Å². The van der Waals surface area contributed by atoms with Crippen LogP contribution >= 0.6 is 0 Å². The van der Waals surface area contributed by atoms with Crippen LogP contribution in [0, 0.1) is 5.92 Å². The fourth-order valence-electron chi connectivity index (χ4n) is 4.02. The Kier molecular flexibility index (Phi) is 4.31. The molecule has 0 radical (unpaired) electrons. The Morgan fingerprint density at radius 1 is 1.29 bits per heavy atom. The number of hydrogen-bond acceptors (Lipinski definition) is 5. The lowest BCUT2D eigenvalue weighted by atomic mass is 9.85. The molecule has 1 aliphatic carbocycles. The molecule has 3 rings (SSSR count). The molecule has 0 spiro atoms. The monoisotopic (exact) mass is 293 g/mol. The molecule has 1 N–H and O–H groups in total. The average Bonchev–Trinajstić information content (AvgIpc) is 3.16. The Hall–Kier alpha value is -0.940. The van der Waals surface area contributed by atoms with E-state index in [0.717, 1.165) is 31.1 Å². The van der Waals surface area contributed by atoms with Crippen molar-refractivity contribution in [3.8, 4) is 0 Å². The summed E-state index contributed by atoms with van der Waals surface area (Å²) in [6.07, 6.45) is 8.15. The Balaban J connectivity index is 1.76. The minimum atomic E-state index is -0.410. The molecule has 2 heterocycles. The number of hydrogen-bond donors (Lipinski definition) is 1. The van der Waals surface area contributed by atoms with Crippen LogP contribution < -0.4 is 5.32 Å². The molecule has 0 bridgehead atoms. The van der Waals surface area contributed by atoms with Crippen molar-refractivity contribution in [1.82, 2.24) is 15.5 Å². The largest absolute Gasteiger partial charge is 0.370 e. The first-order chi connectivity index (χ1) is 10.2. The van der Waals surface area contributed by atoms with E-state index < -0.39 is 5.60 Å². The lowest BCUT2D eigenvalue weighted by Gasteiger charge is -2.25. The molecule has 0 aromatic carbocycles. The van der Waals surface area contributed by atoms with Crippen molar-refractivity contribution < 1.29 is 9.26 Å². The maximum Gasteiger partial charge on any atom is 0.243 e. The predicted molar refractivity (Wildman–Crippen MR) is 79.8 cm³/mol. The molecule has 5 nitrogen and oxygen atoms in total. The zero-order chi connectivity index (χ0) is 14.9. The average molecular weight is 293 g/mol. The first-order valence-electron chi connectivity index (χ1n) is 8.37. The van der Waals surface area contributed by atoms with Crippen LogP contribution in [0.2, 0.25) is 0 Å². The van der Waals surface area contributed by atoms with Crippen molar-refractivity contribution in [2.45, 2.75) is 76.5 Å². The van der Waals surface area contributed by atoms with Gasteiger partial charge in [-0.15, -0.1) is 0 Å². The minimum Gasteiger partial charge on any atom is -0.370 e. The van der Waals surface area contributed by atoms with E-state index >= 15 is 0 Å². The molecular formula is C16H27N3O2. The smallest absolute Gasteiger partial charge is 0.243 e. The summed E-state index contributed by atoms with van der Waals surface area (Å²) >= 11 is 0. The predicted octanol–water partition coefficient (Wildman–Crippen LogP) is 3.32. The fourth-order valence-corrected chi connectivity index (χ4v) is 4.02. The van der Waals surface area contributed by atoms with Crippen LogP contribution in [0.15, 0.2) is 4.52 Å². The molecule has 5 heteroatoms.